The molecule has 0 unspecified atom stereocenters. The zero-order valence-corrected chi connectivity index (χ0v) is 22.2. The number of hydrazone groups is 1. The topological polar surface area (TPSA) is 90.1 Å². The summed E-state index contributed by atoms with van der Waals surface area (Å²) in [6, 6.07) is 8.79. The molecule has 11 heteroatoms. The van der Waals surface area contributed by atoms with Crippen molar-refractivity contribution in [2.75, 3.05) is 13.2 Å². The number of hydrogen-bond acceptors (Lipinski definition) is 6. The summed E-state index contributed by atoms with van der Waals surface area (Å²) in [5, 5.41) is 4.76. The molecule has 0 aliphatic rings. The van der Waals surface area contributed by atoms with Crippen LogP contribution in [0, 0.1) is 0 Å². The van der Waals surface area contributed by atoms with E-state index in [2.05, 4.69) is 74.2 Å². The van der Waals surface area contributed by atoms with E-state index in [0.29, 0.717) is 25.8 Å². The summed E-state index contributed by atoms with van der Waals surface area (Å²) < 4.78 is 18.7. The Hall–Kier alpha value is -1.69. The molecule has 0 bridgehead atoms. The van der Waals surface area contributed by atoms with Gasteiger partial charge in [0, 0.05) is 9.86 Å². The first-order valence-corrected chi connectivity index (χ1v) is 11.9. The third-order valence-corrected chi connectivity index (χ3v) is 6.02. The van der Waals surface area contributed by atoms with Gasteiger partial charge in [0.05, 0.1) is 26.2 Å². The molecule has 3 rings (SSSR count). The highest BCUT2D eigenvalue weighted by Crippen LogP contribution is 2.34. The van der Waals surface area contributed by atoms with Crippen LogP contribution in [-0.2, 0) is 9.53 Å². The number of nitrogens with one attached hydrogen (secondary N) is 1. The van der Waals surface area contributed by atoms with E-state index in [1.54, 1.807) is 25.1 Å². The van der Waals surface area contributed by atoms with Gasteiger partial charge in [-0.1, -0.05) is 15.9 Å². The number of esters is 1. The van der Waals surface area contributed by atoms with E-state index in [1.807, 2.05) is 12.1 Å². The predicted molar refractivity (Wildman–Crippen MR) is 131 cm³/mol. The van der Waals surface area contributed by atoms with Gasteiger partial charge in [0.1, 0.15) is 11.3 Å². The number of carbonyl (C=O) groups is 2. The molecule has 0 saturated heterocycles. The van der Waals surface area contributed by atoms with E-state index in [0.717, 1.165) is 14.3 Å². The van der Waals surface area contributed by atoms with Gasteiger partial charge in [-0.3, -0.25) is 4.79 Å². The number of carbonyl (C=O) groups excluding carboxylic acids is 2. The summed E-state index contributed by atoms with van der Waals surface area (Å²) >= 11 is 13.6. The minimum Gasteiger partial charge on any atom is -0.480 e. The van der Waals surface area contributed by atoms with Crippen molar-refractivity contribution in [3.8, 4) is 5.75 Å². The van der Waals surface area contributed by atoms with Gasteiger partial charge in [-0.15, -0.1) is 0 Å². The second-order valence-electron chi connectivity index (χ2n) is 6.02. The maximum atomic E-state index is 12.4. The second-order valence-corrected chi connectivity index (χ2v) is 9.50. The van der Waals surface area contributed by atoms with E-state index >= 15 is 0 Å². The molecular formula is C20H14Br4N2O5. The Morgan fingerprint density at radius 1 is 1.06 bits per heavy atom. The summed E-state index contributed by atoms with van der Waals surface area (Å²) in [6.07, 6.45) is 1.47. The minimum absolute atomic E-state index is 0.135. The number of furan rings is 1. The zero-order valence-electron chi connectivity index (χ0n) is 15.9. The van der Waals surface area contributed by atoms with Gasteiger partial charge in [-0.25, -0.2) is 10.2 Å². The molecule has 31 heavy (non-hydrogen) atoms. The van der Waals surface area contributed by atoms with Crippen molar-refractivity contribution < 1.29 is 23.5 Å². The maximum Gasteiger partial charge on any atom is 0.344 e. The van der Waals surface area contributed by atoms with Gasteiger partial charge in [0.25, 0.3) is 0 Å². The van der Waals surface area contributed by atoms with Crippen LogP contribution in [0.1, 0.15) is 23.0 Å². The average molecular weight is 682 g/mol. The molecule has 0 aliphatic carbocycles. The largest absolute Gasteiger partial charge is 0.480 e. The van der Waals surface area contributed by atoms with E-state index < -0.39 is 11.9 Å². The molecule has 0 aliphatic heterocycles. The van der Waals surface area contributed by atoms with E-state index in [4.69, 9.17) is 13.9 Å². The first kappa shape index (κ1) is 24.0. The van der Waals surface area contributed by atoms with Crippen LogP contribution in [0.15, 0.2) is 57.7 Å². The lowest BCUT2D eigenvalue weighted by atomic mass is 10.2. The molecule has 0 saturated carbocycles. The first-order valence-electron chi connectivity index (χ1n) is 8.78. The minimum atomic E-state index is -0.483. The van der Waals surface area contributed by atoms with Crippen LogP contribution in [0.3, 0.4) is 0 Å². The predicted octanol–water partition coefficient (Wildman–Crippen LogP) is 6.19. The lowest BCUT2D eigenvalue weighted by molar-refractivity contribution is -0.145. The average Bonchev–Trinajstić information content (AvgIpc) is 3.12. The van der Waals surface area contributed by atoms with Gasteiger partial charge in [-0.05, 0) is 90.6 Å². The lowest BCUT2D eigenvalue weighted by Crippen LogP contribution is -2.16. The normalized spacial score (nSPS) is 11.1. The number of benzene rings is 2. The Balaban J connectivity index is 1.67. The van der Waals surface area contributed by atoms with Crippen molar-refractivity contribution in [1.29, 1.82) is 0 Å². The Morgan fingerprint density at radius 3 is 2.45 bits per heavy atom. The van der Waals surface area contributed by atoms with Gasteiger partial charge >= 0.3 is 11.9 Å². The summed E-state index contributed by atoms with van der Waals surface area (Å²) in [7, 11) is 0. The monoisotopic (exact) mass is 678 g/mol. The fourth-order valence-corrected chi connectivity index (χ4v) is 5.32. The number of halogens is 4. The highest BCUT2D eigenvalue weighted by atomic mass is 79.9. The van der Waals surface area contributed by atoms with Crippen LogP contribution < -0.4 is 10.2 Å². The molecular weight excluding hydrogens is 668 g/mol. The van der Waals surface area contributed by atoms with Crippen LogP contribution >= 0.6 is 63.7 Å². The van der Waals surface area contributed by atoms with E-state index in [9.17, 15) is 9.59 Å². The van der Waals surface area contributed by atoms with Crippen LogP contribution in [0.5, 0.6) is 5.75 Å². The molecule has 0 atom stereocenters. The van der Waals surface area contributed by atoms with Gasteiger partial charge in [-0.2, -0.15) is 5.10 Å². The molecule has 1 heterocycles. The fraction of sp³-hybridized carbons (Fsp3) is 0.150. The molecule has 1 aromatic heterocycles. The van der Waals surface area contributed by atoms with Crippen LogP contribution in [0.4, 0.5) is 0 Å². The lowest BCUT2D eigenvalue weighted by Gasteiger charge is -2.10. The van der Waals surface area contributed by atoms with Crippen molar-refractivity contribution in [3.63, 3.8) is 0 Å². The summed E-state index contributed by atoms with van der Waals surface area (Å²) in [6.45, 7) is 1.80. The van der Waals surface area contributed by atoms with Gasteiger partial charge < -0.3 is 13.9 Å². The maximum absolute atomic E-state index is 12.4. The Kier molecular flexibility index (Phi) is 8.31. The molecule has 3 aromatic rings. The summed E-state index contributed by atoms with van der Waals surface area (Å²) in [5.41, 5.74) is 3.69. The quantitative estimate of drug-likeness (QED) is 0.183. The molecule has 0 radical (unpaired) electrons. The first-order chi connectivity index (χ1) is 14.8. The van der Waals surface area contributed by atoms with Gasteiger partial charge in [0.2, 0.25) is 0 Å². The molecule has 1 N–H and O–H groups in total. The highest BCUT2D eigenvalue weighted by Gasteiger charge is 2.15. The molecule has 7 nitrogen and oxygen atoms in total. The van der Waals surface area contributed by atoms with Crippen LogP contribution in [0.2, 0.25) is 0 Å². The summed E-state index contributed by atoms with van der Waals surface area (Å²) in [4.78, 5) is 23.8. The Bertz CT molecular complexity index is 1150. The van der Waals surface area contributed by atoms with E-state index in [1.165, 1.54) is 6.21 Å². The Morgan fingerprint density at radius 2 is 1.77 bits per heavy atom. The van der Waals surface area contributed by atoms with Crippen molar-refractivity contribution in [3.05, 3.63) is 59.5 Å². The molecule has 0 fully saturated rings. The molecule has 162 valence electrons. The van der Waals surface area contributed by atoms with Crippen molar-refractivity contribution in [1.82, 2.24) is 5.43 Å². The van der Waals surface area contributed by atoms with Crippen molar-refractivity contribution >= 4 is 92.8 Å². The molecule has 0 spiro atoms. The second kappa shape index (κ2) is 10.8. The third-order valence-electron chi connectivity index (χ3n) is 3.80. The van der Waals surface area contributed by atoms with Crippen LogP contribution in [0.25, 0.3) is 11.0 Å². The van der Waals surface area contributed by atoms with Gasteiger partial charge in [0.15, 0.2) is 12.4 Å². The smallest absolute Gasteiger partial charge is 0.344 e. The Labute approximate surface area is 211 Å². The molecule has 1 amide bonds. The number of fused-ring (bicyclic) bond motifs is 1. The fourth-order valence-electron chi connectivity index (χ4n) is 2.53. The SMILES string of the molecule is CCOC(=O)COc1c(Br)cc(/C=N\NC(=O)c2cc3cc(Br)cc(Br)c3o2)cc1Br. The van der Waals surface area contributed by atoms with Crippen LogP contribution in [-0.4, -0.2) is 31.3 Å². The number of nitrogens with zero attached hydrogens (tertiary/aromatic N) is 1. The summed E-state index contributed by atoms with van der Waals surface area (Å²) in [5.74, 6) is -0.355. The van der Waals surface area contributed by atoms with E-state index in [-0.39, 0.29) is 19.0 Å². The molecule has 2 aromatic carbocycles. The zero-order chi connectivity index (χ0) is 22.5. The third kappa shape index (κ3) is 6.18. The standard InChI is InChI=1S/C20H14Br4N2O5/c1-2-29-17(27)9-30-19-13(22)3-10(4-14(19)23)8-25-26-20(28)16-6-11-5-12(21)7-15(24)18(11)31-16/h3-8H,2,9H2,1H3,(H,26,28)/b25-8-. The highest BCUT2D eigenvalue weighted by molar-refractivity contribution is 9.11. The number of rotatable bonds is 7. The van der Waals surface area contributed by atoms with Crippen molar-refractivity contribution in [2.24, 2.45) is 5.10 Å². The number of hydrogen-bond donors (Lipinski definition) is 1. The number of ether oxygens (including phenoxy) is 2. The van der Waals surface area contributed by atoms with Crippen molar-refractivity contribution in [2.45, 2.75) is 6.92 Å². The number of amides is 1.